The van der Waals surface area contributed by atoms with Crippen LogP contribution in [0.5, 0.6) is 0 Å². The minimum absolute atomic E-state index is 0.0443. The van der Waals surface area contributed by atoms with Crippen molar-refractivity contribution in [3.05, 3.63) is 95.1 Å². The number of amides is 2. The van der Waals surface area contributed by atoms with Gasteiger partial charge in [0.15, 0.2) is 0 Å². The van der Waals surface area contributed by atoms with Crippen LogP contribution in [0.25, 0.3) is 11.1 Å². The summed E-state index contributed by atoms with van der Waals surface area (Å²) in [5, 5.41) is 0. The Morgan fingerprint density at radius 2 is 1.61 bits per heavy atom. The van der Waals surface area contributed by atoms with Crippen molar-refractivity contribution in [1.82, 2.24) is 9.80 Å². The molecule has 7 heteroatoms. The van der Waals surface area contributed by atoms with Crippen molar-refractivity contribution in [3.63, 3.8) is 0 Å². The zero-order valence-corrected chi connectivity index (χ0v) is 26.9. The zero-order valence-electron chi connectivity index (χ0n) is 26.9. The highest BCUT2D eigenvalue weighted by Crippen LogP contribution is 2.40. The van der Waals surface area contributed by atoms with Gasteiger partial charge in [-0.05, 0) is 80.8 Å². The van der Waals surface area contributed by atoms with Gasteiger partial charge in [0.1, 0.15) is 12.4 Å². The van der Waals surface area contributed by atoms with Gasteiger partial charge >= 0.3 is 6.09 Å². The summed E-state index contributed by atoms with van der Waals surface area (Å²) in [6.07, 6.45) is 1.05. The first-order valence-corrected chi connectivity index (χ1v) is 15.6. The lowest BCUT2D eigenvalue weighted by molar-refractivity contribution is -0.148. The minimum atomic E-state index is -0.664. The van der Waals surface area contributed by atoms with Crippen LogP contribution >= 0.6 is 0 Å². The molecular formula is C37H46N2O5. The van der Waals surface area contributed by atoms with Gasteiger partial charge in [0.2, 0.25) is 5.91 Å². The van der Waals surface area contributed by atoms with E-state index in [1.165, 1.54) is 11.1 Å². The van der Waals surface area contributed by atoms with Gasteiger partial charge in [-0.15, -0.1) is 0 Å². The number of benzene rings is 3. The Morgan fingerprint density at radius 1 is 0.909 bits per heavy atom. The Labute approximate surface area is 262 Å². The van der Waals surface area contributed by atoms with Crippen molar-refractivity contribution < 1.29 is 23.8 Å². The first kappa shape index (κ1) is 31.7. The highest BCUT2D eigenvalue weighted by atomic mass is 16.7. The van der Waals surface area contributed by atoms with E-state index in [0.29, 0.717) is 13.1 Å². The number of methoxy groups -OCH3 is 1. The predicted molar refractivity (Wildman–Crippen MR) is 172 cm³/mol. The molecule has 0 aromatic heterocycles. The summed E-state index contributed by atoms with van der Waals surface area (Å²) >= 11 is 0. The van der Waals surface area contributed by atoms with Crippen LogP contribution in [0.4, 0.5) is 4.79 Å². The van der Waals surface area contributed by atoms with Crippen LogP contribution in [0.2, 0.25) is 0 Å². The number of rotatable bonds is 9. The van der Waals surface area contributed by atoms with Crippen LogP contribution in [0.3, 0.4) is 0 Å². The van der Waals surface area contributed by atoms with Gasteiger partial charge in [-0.1, -0.05) is 72.8 Å². The van der Waals surface area contributed by atoms with Gasteiger partial charge in [0.05, 0.1) is 18.6 Å². The Bertz CT molecular complexity index is 1450. The van der Waals surface area contributed by atoms with Crippen molar-refractivity contribution in [2.45, 2.75) is 77.7 Å². The van der Waals surface area contributed by atoms with Crippen LogP contribution in [-0.2, 0) is 25.5 Å². The first-order valence-electron chi connectivity index (χ1n) is 15.6. The molecule has 1 saturated heterocycles. The molecule has 0 radical (unpaired) electrons. The van der Waals surface area contributed by atoms with E-state index in [9.17, 15) is 9.59 Å². The number of carbonyl (C=O) groups is 2. The number of hydrogen-bond acceptors (Lipinski definition) is 5. The molecule has 0 bridgehead atoms. The summed E-state index contributed by atoms with van der Waals surface area (Å²) in [4.78, 5) is 32.0. The van der Waals surface area contributed by atoms with E-state index >= 15 is 0 Å². The SMILES string of the molecule is COCO[C@@H]1CN(C(=O)OC(C)(C)C)C[C@H](C(=O)N(Cc2cccc(C)c2C)C2CC2)[C@H]1c1cccc(-c2ccccc2)c1. The molecule has 7 nitrogen and oxygen atoms in total. The summed E-state index contributed by atoms with van der Waals surface area (Å²) in [7, 11) is 1.58. The Kier molecular flexibility index (Phi) is 9.76. The summed E-state index contributed by atoms with van der Waals surface area (Å²) in [6, 6.07) is 25.1. The van der Waals surface area contributed by atoms with Gasteiger partial charge in [0.25, 0.3) is 0 Å². The Balaban J connectivity index is 1.56. The van der Waals surface area contributed by atoms with E-state index < -0.39 is 23.7 Å². The van der Waals surface area contributed by atoms with Crippen LogP contribution in [-0.4, -0.2) is 66.5 Å². The number of likely N-dealkylation sites (tertiary alicyclic amines) is 1. The molecule has 44 heavy (non-hydrogen) atoms. The molecule has 1 aliphatic heterocycles. The average molecular weight is 599 g/mol. The topological polar surface area (TPSA) is 68.3 Å². The molecule has 5 rings (SSSR count). The quantitative estimate of drug-likeness (QED) is 0.246. The molecule has 2 aliphatic rings. The van der Waals surface area contributed by atoms with Crippen LogP contribution in [0.1, 0.15) is 61.8 Å². The van der Waals surface area contributed by atoms with Crippen molar-refractivity contribution in [3.8, 4) is 11.1 Å². The van der Waals surface area contributed by atoms with Crippen molar-refractivity contribution in [2.24, 2.45) is 5.92 Å². The molecule has 3 atom stereocenters. The first-order chi connectivity index (χ1) is 21.1. The van der Waals surface area contributed by atoms with Crippen LogP contribution in [0.15, 0.2) is 72.8 Å². The van der Waals surface area contributed by atoms with Gasteiger partial charge in [-0.3, -0.25) is 4.79 Å². The van der Waals surface area contributed by atoms with Gasteiger partial charge in [-0.25, -0.2) is 4.79 Å². The number of carbonyl (C=O) groups excluding carboxylic acids is 2. The molecule has 2 amide bonds. The summed E-state index contributed by atoms with van der Waals surface area (Å²) in [5.41, 5.74) is 6.10. The van der Waals surface area contributed by atoms with Crippen LogP contribution < -0.4 is 0 Å². The number of hydrogen-bond donors (Lipinski definition) is 0. The second-order valence-corrected chi connectivity index (χ2v) is 13.2. The third kappa shape index (κ3) is 7.51. The number of nitrogens with zero attached hydrogens (tertiary/aromatic N) is 2. The Morgan fingerprint density at radius 3 is 2.30 bits per heavy atom. The molecule has 3 aromatic rings. The largest absolute Gasteiger partial charge is 0.444 e. The normalized spacial score (nSPS) is 20.3. The number of ether oxygens (including phenoxy) is 3. The highest BCUT2D eigenvalue weighted by Gasteiger charge is 2.47. The summed E-state index contributed by atoms with van der Waals surface area (Å²) in [5.74, 6) is -0.780. The molecule has 1 aliphatic carbocycles. The van der Waals surface area contributed by atoms with Crippen LogP contribution in [0, 0.1) is 19.8 Å². The second kappa shape index (κ2) is 13.5. The molecule has 1 saturated carbocycles. The molecule has 0 N–H and O–H groups in total. The fourth-order valence-corrected chi connectivity index (χ4v) is 6.19. The van der Waals surface area contributed by atoms with Gasteiger partial charge in [0, 0.05) is 32.2 Å². The van der Waals surface area contributed by atoms with Gasteiger partial charge in [-0.2, -0.15) is 0 Å². The fourth-order valence-electron chi connectivity index (χ4n) is 6.19. The standard InChI is InChI=1S/C37H46N2O5/c1-25-12-10-17-30(26(25)2)21-39(31-18-19-31)35(40)32-22-38(36(41)44-37(3,4)5)23-33(43-24-42-6)34(32)29-16-11-15-28(20-29)27-13-8-7-9-14-27/h7-17,20,31-34H,18-19,21-24H2,1-6H3/t32-,33+,34+/m0/s1. The Hall–Kier alpha value is -3.68. The second-order valence-electron chi connectivity index (χ2n) is 13.2. The predicted octanol–water partition coefficient (Wildman–Crippen LogP) is 7.10. The van der Waals surface area contributed by atoms with E-state index in [1.807, 2.05) is 49.9 Å². The van der Waals surface area contributed by atoms with Crippen molar-refractivity contribution in [1.29, 1.82) is 0 Å². The lowest BCUT2D eigenvalue weighted by Crippen LogP contribution is -2.56. The van der Waals surface area contributed by atoms with E-state index in [1.54, 1.807) is 12.0 Å². The maximum atomic E-state index is 14.9. The monoisotopic (exact) mass is 598 g/mol. The van der Waals surface area contributed by atoms with E-state index in [0.717, 1.165) is 35.1 Å². The molecule has 0 unspecified atom stereocenters. The minimum Gasteiger partial charge on any atom is -0.444 e. The van der Waals surface area contributed by atoms with Crippen molar-refractivity contribution in [2.75, 3.05) is 27.0 Å². The lowest BCUT2D eigenvalue weighted by atomic mass is 9.77. The summed E-state index contributed by atoms with van der Waals surface area (Å²) < 4.78 is 17.4. The third-order valence-corrected chi connectivity index (χ3v) is 8.73. The number of piperidine rings is 1. The third-order valence-electron chi connectivity index (χ3n) is 8.73. The lowest BCUT2D eigenvalue weighted by Gasteiger charge is -2.44. The van der Waals surface area contributed by atoms with E-state index in [-0.39, 0.29) is 31.2 Å². The highest BCUT2D eigenvalue weighted by molar-refractivity contribution is 5.82. The smallest absolute Gasteiger partial charge is 0.410 e. The van der Waals surface area contributed by atoms with Gasteiger partial charge < -0.3 is 24.0 Å². The molecule has 0 spiro atoms. The molecule has 1 heterocycles. The average Bonchev–Trinajstić information content (AvgIpc) is 3.85. The number of aryl methyl sites for hydroxylation is 1. The fraction of sp³-hybridized carbons (Fsp3) is 0.459. The molecule has 3 aromatic carbocycles. The zero-order chi connectivity index (χ0) is 31.4. The maximum absolute atomic E-state index is 14.9. The van der Waals surface area contributed by atoms with E-state index in [4.69, 9.17) is 14.2 Å². The van der Waals surface area contributed by atoms with Crippen molar-refractivity contribution >= 4 is 12.0 Å². The molecule has 2 fully saturated rings. The molecule has 234 valence electrons. The summed E-state index contributed by atoms with van der Waals surface area (Å²) in [6.45, 7) is 10.9. The van der Waals surface area contributed by atoms with E-state index in [2.05, 4.69) is 62.4 Å². The molecular weight excluding hydrogens is 552 g/mol. The maximum Gasteiger partial charge on any atom is 0.410 e.